The lowest BCUT2D eigenvalue weighted by Crippen LogP contribution is -2.13. The molecule has 0 spiro atoms. The maximum absolute atomic E-state index is 12.6. The number of amides is 1. The summed E-state index contributed by atoms with van der Waals surface area (Å²) in [6, 6.07) is 19.6. The molecule has 8 heteroatoms. The predicted octanol–water partition coefficient (Wildman–Crippen LogP) is 5.05. The highest BCUT2D eigenvalue weighted by molar-refractivity contribution is 8.00. The van der Waals surface area contributed by atoms with Crippen LogP contribution in [0.2, 0.25) is 0 Å². The summed E-state index contributed by atoms with van der Waals surface area (Å²) in [6.07, 6.45) is 0. The van der Waals surface area contributed by atoms with Crippen LogP contribution in [0.5, 0.6) is 0 Å². The van der Waals surface area contributed by atoms with Crippen molar-refractivity contribution in [2.45, 2.75) is 17.0 Å². The Kier molecular flexibility index (Phi) is 5.50. The topological polar surface area (TPSA) is 80.9 Å². The Labute approximate surface area is 170 Å². The zero-order valence-corrected chi connectivity index (χ0v) is 16.6. The number of nitrogens with zero attached hydrogens (tertiary/aromatic N) is 3. The van der Waals surface area contributed by atoms with Crippen LogP contribution in [0.3, 0.4) is 0 Å². The number of rotatable bonds is 6. The molecule has 140 valence electrons. The highest BCUT2D eigenvalue weighted by Crippen LogP contribution is 2.29. The molecule has 0 aliphatic carbocycles. The average molecular weight is 409 g/mol. The molecule has 0 bridgehead atoms. The second-order valence-corrected chi connectivity index (χ2v) is 8.09. The highest BCUT2D eigenvalue weighted by atomic mass is 32.2. The monoisotopic (exact) mass is 408 g/mol. The Hall–Kier alpha value is -2.97. The maximum Gasteiger partial charge on any atom is 0.279 e. The van der Waals surface area contributed by atoms with Gasteiger partial charge in [0.1, 0.15) is 5.76 Å². The van der Waals surface area contributed by atoms with Gasteiger partial charge in [0.25, 0.3) is 5.91 Å². The molecule has 1 amide bonds. The number of carbonyl (C=O) groups is 1. The lowest BCUT2D eigenvalue weighted by atomic mass is 10.2. The van der Waals surface area contributed by atoms with Gasteiger partial charge in [-0.2, -0.15) is 0 Å². The molecule has 6 nitrogen and oxygen atoms in total. The molecule has 0 radical (unpaired) electrons. The first-order valence-corrected chi connectivity index (χ1v) is 10.3. The Morgan fingerprint density at radius 3 is 2.54 bits per heavy atom. The predicted molar refractivity (Wildman–Crippen MR) is 111 cm³/mol. The van der Waals surface area contributed by atoms with Crippen LogP contribution in [0.15, 0.2) is 69.4 Å². The van der Waals surface area contributed by atoms with E-state index in [0.29, 0.717) is 16.8 Å². The molecule has 0 aliphatic rings. The fraction of sp³-hybridized carbons (Fsp3) is 0.100. The number of aromatic nitrogens is 3. The van der Waals surface area contributed by atoms with Gasteiger partial charge in [0, 0.05) is 11.3 Å². The van der Waals surface area contributed by atoms with E-state index < -0.39 is 0 Å². The third kappa shape index (κ3) is 4.29. The van der Waals surface area contributed by atoms with Gasteiger partial charge in [0.15, 0.2) is 10.0 Å². The van der Waals surface area contributed by atoms with E-state index in [1.807, 2.05) is 48.5 Å². The first-order valence-electron chi connectivity index (χ1n) is 8.53. The summed E-state index contributed by atoms with van der Waals surface area (Å²) in [7, 11) is 0. The zero-order valence-electron chi connectivity index (χ0n) is 15.0. The van der Waals surface area contributed by atoms with Crippen LogP contribution < -0.4 is 5.32 Å². The van der Waals surface area contributed by atoms with E-state index in [1.165, 1.54) is 16.9 Å². The first kappa shape index (κ1) is 18.4. The van der Waals surface area contributed by atoms with E-state index >= 15 is 0 Å². The van der Waals surface area contributed by atoms with Crippen LogP contribution >= 0.6 is 23.1 Å². The summed E-state index contributed by atoms with van der Waals surface area (Å²) in [4.78, 5) is 16.9. The highest BCUT2D eigenvalue weighted by Gasteiger charge is 2.19. The Bertz CT molecular complexity index is 1080. The third-order valence-corrected chi connectivity index (χ3v) is 5.91. The molecule has 0 aliphatic heterocycles. The second-order valence-electron chi connectivity index (χ2n) is 5.89. The van der Waals surface area contributed by atoms with Crippen LogP contribution in [0.4, 0.5) is 5.13 Å². The summed E-state index contributed by atoms with van der Waals surface area (Å²) in [6.45, 7) is 1.72. The fourth-order valence-corrected chi connectivity index (χ4v) is 4.21. The van der Waals surface area contributed by atoms with E-state index in [9.17, 15) is 4.79 Å². The van der Waals surface area contributed by atoms with Gasteiger partial charge < -0.3 is 4.42 Å². The molecule has 2 heterocycles. The lowest BCUT2D eigenvalue weighted by Gasteiger charge is -1.98. The van der Waals surface area contributed by atoms with Crippen molar-refractivity contribution in [2.75, 3.05) is 5.32 Å². The molecule has 0 saturated heterocycles. The summed E-state index contributed by atoms with van der Waals surface area (Å²) in [5.74, 6) is 1.31. The van der Waals surface area contributed by atoms with Crippen molar-refractivity contribution in [3.8, 4) is 11.5 Å². The molecule has 0 fully saturated rings. The number of anilines is 1. The number of hydrogen-bond donors (Lipinski definition) is 1. The Balaban J connectivity index is 1.42. The molecule has 2 aromatic heterocycles. The number of oxazole rings is 1. The Morgan fingerprint density at radius 2 is 1.79 bits per heavy atom. The van der Waals surface area contributed by atoms with Gasteiger partial charge in [0.2, 0.25) is 11.0 Å². The van der Waals surface area contributed by atoms with Gasteiger partial charge in [-0.3, -0.25) is 10.1 Å². The molecule has 0 saturated carbocycles. The average Bonchev–Trinajstić information content (AvgIpc) is 3.34. The van der Waals surface area contributed by atoms with Crippen LogP contribution in [0, 0.1) is 6.92 Å². The van der Waals surface area contributed by atoms with E-state index in [0.717, 1.165) is 15.7 Å². The molecule has 1 N–H and O–H groups in total. The molecule has 4 aromatic rings. The van der Waals surface area contributed by atoms with E-state index in [1.54, 1.807) is 18.7 Å². The van der Waals surface area contributed by atoms with Crippen molar-refractivity contribution in [3.63, 3.8) is 0 Å². The van der Waals surface area contributed by atoms with Gasteiger partial charge in [-0.25, -0.2) is 4.98 Å². The van der Waals surface area contributed by atoms with Crippen LogP contribution in [0.25, 0.3) is 11.5 Å². The first-order chi connectivity index (χ1) is 13.7. The number of aryl methyl sites for hydroxylation is 1. The molecular weight excluding hydrogens is 392 g/mol. The van der Waals surface area contributed by atoms with Gasteiger partial charge in [0.05, 0.1) is 0 Å². The summed E-state index contributed by atoms with van der Waals surface area (Å²) in [5.41, 5.74) is 2.27. The quantitative estimate of drug-likeness (QED) is 0.355. The van der Waals surface area contributed by atoms with Crippen molar-refractivity contribution in [1.29, 1.82) is 0 Å². The number of benzene rings is 2. The third-order valence-electron chi connectivity index (χ3n) is 3.86. The number of nitrogens with one attached hydrogen (secondary N) is 1. The fourth-order valence-electron chi connectivity index (χ4n) is 2.51. The standard InChI is InChI=1S/C20H16N4O2S2/c1-13-16(21-18(26-13)15-10-6-3-7-11-15)17(25)22-19-23-24-20(28-19)27-12-14-8-4-2-5-9-14/h2-11H,12H2,1H3,(H,22,23,25). The van der Waals surface area contributed by atoms with Crippen LogP contribution in [0.1, 0.15) is 21.8 Å². The minimum Gasteiger partial charge on any atom is -0.441 e. The van der Waals surface area contributed by atoms with Gasteiger partial charge in [-0.05, 0) is 24.6 Å². The minimum absolute atomic E-state index is 0.243. The van der Waals surface area contributed by atoms with Crippen LogP contribution in [-0.2, 0) is 5.75 Å². The summed E-state index contributed by atoms with van der Waals surface area (Å²) in [5, 5.41) is 11.4. The molecule has 0 atom stereocenters. The molecule has 2 aromatic carbocycles. The van der Waals surface area contributed by atoms with Gasteiger partial charge in [-0.1, -0.05) is 71.6 Å². The zero-order chi connectivity index (χ0) is 19.3. The maximum atomic E-state index is 12.6. The van der Waals surface area contributed by atoms with E-state index in [2.05, 4.69) is 32.6 Å². The van der Waals surface area contributed by atoms with Crippen LogP contribution in [-0.4, -0.2) is 21.1 Å². The molecule has 0 unspecified atom stereocenters. The lowest BCUT2D eigenvalue weighted by molar-refractivity contribution is 0.102. The second kappa shape index (κ2) is 8.37. The van der Waals surface area contributed by atoms with Crippen molar-refractivity contribution in [1.82, 2.24) is 15.2 Å². The molecular formula is C20H16N4O2S2. The number of hydrogen-bond acceptors (Lipinski definition) is 7. The van der Waals surface area contributed by atoms with E-state index in [-0.39, 0.29) is 11.6 Å². The van der Waals surface area contributed by atoms with Crippen molar-refractivity contribution >= 4 is 34.1 Å². The SMILES string of the molecule is Cc1oc(-c2ccccc2)nc1C(=O)Nc1nnc(SCc2ccccc2)s1. The van der Waals surface area contributed by atoms with Gasteiger partial charge in [-0.15, -0.1) is 10.2 Å². The summed E-state index contributed by atoms with van der Waals surface area (Å²) < 4.78 is 6.44. The van der Waals surface area contributed by atoms with E-state index in [4.69, 9.17) is 4.42 Å². The molecule has 4 rings (SSSR count). The summed E-state index contributed by atoms with van der Waals surface area (Å²) >= 11 is 2.92. The van der Waals surface area contributed by atoms with Gasteiger partial charge >= 0.3 is 0 Å². The van der Waals surface area contributed by atoms with Crippen molar-refractivity contribution in [3.05, 3.63) is 77.7 Å². The minimum atomic E-state index is -0.362. The van der Waals surface area contributed by atoms with Crippen molar-refractivity contribution in [2.24, 2.45) is 0 Å². The Morgan fingerprint density at radius 1 is 1.07 bits per heavy atom. The number of thioether (sulfide) groups is 1. The normalized spacial score (nSPS) is 10.8. The number of carbonyl (C=O) groups excluding carboxylic acids is 1. The van der Waals surface area contributed by atoms with Crippen molar-refractivity contribution < 1.29 is 9.21 Å². The smallest absolute Gasteiger partial charge is 0.279 e. The largest absolute Gasteiger partial charge is 0.441 e. The molecule has 28 heavy (non-hydrogen) atoms.